The molecular formula is C21H22F4N4O. The summed E-state index contributed by atoms with van der Waals surface area (Å²) in [6, 6.07) is 6.50. The fourth-order valence-electron chi connectivity index (χ4n) is 3.63. The van der Waals surface area contributed by atoms with Gasteiger partial charge in [-0.25, -0.2) is 9.37 Å². The van der Waals surface area contributed by atoms with Gasteiger partial charge >= 0.3 is 6.18 Å². The van der Waals surface area contributed by atoms with Crippen molar-refractivity contribution in [1.29, 1.82) is 5.26 Å². The number of nitrogens with zero attached hydrogens (tertiary/aromatic N) is 3. The Labute approximate surface area is 171 Å². The summed E-state index contributed by atoms with van der Waals surface area (Å²) in [4.78, 5) is 16.1. The first-order valence-corrected chi connectivity index (χ1v) is 9.65. The number of hydrogen-bond donors (Lipinski definition) is 1. The molecular weight excluding hydrogens is 400 g/mol. The predicted octanol–water partition coefficient (Wildman–Crippen LogP) is 4.79. The van der Waals surface area contributed by atoms with Gasteiger partial charge in [-0.05, 0) is 51.7 Å². The number of imidazole rings is 1. The Kier molecular flexibility index (Phi) is 5.88. The summed E-state index contributed by atoms with van der Waals surface area (Å²) in [5.74, 6) is -0.643. The van der Waals surface area contributed by atoms with E-state index in [9.17, 15) is 27.6 Å². The van der Waals surface area contributed by atoms with Gasteiger partial charge in [-0.2, -0.15) is 18.4 Å². The molecule has 0 unspecified atom stereocenters. The molecule has 0 bridgehead atoms. The number of nitrogens with one attached hydrogen (secondary N) is 1. The van der Waals surface area contributed by atoms with Crippen molar-refractivity contribution in [3.8, 4) is 17.3 Å². The minimum absolute atomic E-state index is 0.0260. The van der Waals surface area contributed by atoms with E-state index in [1.54, 1.807) is 4.57 Å². The number of aromatic nitrogens is 2. The molecule has 160 valence electrons. The topological polar surface area (TPSA) is 70.7 Å². The second-order valence-corrected chi connectivity index (χ2v) is 7.99. The van der Waals surface area contributed by atoms with Crippen LogP contribution in [0.1, 0.15) is 56.8 Å². The number of rotatable bonds is 4. The molecule has 0 radical (unpaired) electrons. The number of halogens is 4. The van der Waals surface area contributed by atoms with Gasteiger partial charge in [0.05, 0.1) is 11.9 Å². The minimum Gasteiger partial charge on any atom is -0.351 e. The van der Waals surface area contributed by atoms with Crippen LogP contribution in [0.25, 0.3) is 11.3 Å². The van der Waals surface area contributed by atoms with Crippen LogP contribution in [-0.2, 0) is 11.0 Å². The van der Waals surface area contributed by atoms with Gasteiger partial charge in [-0.15, -0.1) is 0 Å². The molecule has 1 aliphatic carbocycles. The number of nitriles is 1. The Bertz CT molecular complexity index is 943. The molecule has 30 heavy (non-hydrogen) atoms. The Morgan fingerprint density at radius 2 is 1.73 bits per heavy atom. The van der Waals surface area contributed by atoms with Crippen LogP contribution in [0.2, 0.25) is 0 Å². The van der Waals surface area contributed by atoms with Gasteiger partial charge < -0.3 is 9.88 Å². The number of amides is 1. The van der Waals surface area contributed by atoms with Crippen LogP contribution >= 0.6 is 0 Å². The normalized spacial score (nSPS) is 19.9. The lowest BCUT2D eigenvalue weighted by molar-refractivity contribution is -0.137. The number of alkyl halides is 4. The fraction of sp³-hybridized carbons (Fsp3) is 0.476. The summed E-state index contributed by atoms with van der Waals surface area (Å²) in [6.07, 6.45) is -0.318. The summed E-state index contributed by atoms with van der Waals surface area (Å²) in [7, 11) is 0. The van der Waals surface area contributed by atoms with Crippen LogP contribution in [0.5, 0.6) is 0 Å². The molecule has 3 rings (SSSR count). The van der Waals surface area contributed by atoms with E-state index in [1.807, 2.05) is 0 Å². The van der Waals surface area contributed by atoms with Gasteiger partial charge in [0.25, 0.3) is 5.91 Å². The summed E-state index contributed by atoms with van der Waals surface area (Å²) >= 11 is 0. The fourth-order valence-corrected chi connectivity index (χ4v) is 3.63. The van der Waals surface area contributed by atoms with Crippen LogP contribution in [0.15, 0.2) is 30.6 Å². The van der Waals surface area contributed by atoms with Crippen LogP contribution in [0.3, 0.4) is 0 Å². The molecule has 9 heteroatoms. The predicted molar refractivity (Wildman–Crippen MR) is 102 cm³/mol. The van der Waals surface area contributed by atoms with E-state index >= 15 is 0 Å². The monoisotopic (exact) mass is 422 g/mol. The number of hydrogen-bond acceptors (Lipinski definition) is 3. The molecule has 1 fully saturated rings. The minimum atomic E-state index is -4.43. The molecule has 0 aliphatic heterocycles. The van der Waals surface area contributed by atoms with Gasteiger partial charge in [0.2, 0.25) is 0 Å². The molecule has 0 atom stereocenters. The summed E-state index contributed by atoms with van der Waals surface area (Å²) in [5.41, 5.74) is -1.65. The van der Waals surface area contributed by atoms with Crippen molar-refractivity contribution >= 4 is 5.91 Å². The SMILES string of the molecule is CC(C)(F)C(=O)NC1CCC(n2cnc(-c3ccc(C(F)(F)F)cc3)c2C#N)CC1. The number of carbonyl (C=O) groups excluding carboxylic acids is 1. The highest BCUT2D eigenvalue weighted by Crippen LogP contribution is 2.34. The average molecular weight is 422 g/mol. The summed E-state index contributed by atoms with van der Waals surface area (Å²) in [5, 5.41) is 12.3. The van der Waals surface area contributed by atoms with E-state index in [4.69, 9.17) is 0 Å². The van der Waals surface area contributed by atoms with Gasteiger partial charge in [-0.3, -0.25) is 4.79 Å². The highest BCUT2D eigenvalue weighted by molar-refractivity contribution is 5.84. The molecule has 1 aliphatic rings. The van der Waals surface area contributed by atoms with Gasteiger partial charge in [0.15, 0.2) is 5.67 Å². The molecule has 2 aromatic rings. The average Bonchev–Trinajstić information content (AvgIpc) is 3.11. The first-order chi connectivity index (χ1) is 14.0. The van der Waals surface area contributed by atoms with E-state index in [0.29, 0.717) is 36.9 Å². The van der Waals surface area contributed by atoms with Crippen molar-refractivity contribution in [2.24, 2.45) is 0 Å². The second-order valence-electron chi connectivity index (χ2n) is 7.99. The summed E-state index contributed by atoms with van der Waals surface area (Å²) < 4.78 is 53.8. The maximum Gasteiger partial charge on any atom is 0.416 e. The number of carbonyl (C=O) groups is 1. The van der Waals surface area contributed by atoms with E-state index in [2.05, 4.69) is 16.4 Å². The van der Waals surface area contributed by atoms with Gasteiger partial charge in [0, 0.05) is 17.6 Å². The van der Waals surface area contributed by atoms with E-state index < -0.39 is 23.3 Å². The second kappa shape index (κ2) is 8.09. The van der Waals surface area contributed by atoms with E-state index in [-0.39, 0.29) is 17.8 Å². The van der Waals surface area contributed by atoms with E-state index in [0.717, 1.165) is 12.1 Å². The van der Waals surface area contributed by atoms with Crippen LogP contribution < -0.4 is 5.32 Å². The van der Waals surface area contributed by atoms with Crippen molar-refractivity contribution in [1.82, 2.24) is 14.9 Å². The molecule has 1 aromatic carbocycles. The molecule has 1 N–H and O–H groups in total. The lowest BCUT2D eigenvalue weighted by atomic mass is 9.90. The largest absolute Gasteiger partial charge is 0.416 e. The molecule has 0 saturated heterocycles. The number of benzene rings is 1. The van der Waals surface area contributed by atoms with Gasteiger partial charge in [-0.1, -0.05) is 12.1 Å². The lowest BCUT2D eigenvalue weighted by Crippen LogP contribution is -2.45. The van der Waals surface area contributed by atoms with Gasteiger partial charge in [0.1, 0.15) is 17.5 Å². The summed E-state index contributed by atoms with van der Waals surface area (Å²) in [6.45, 7) is 2.42. The highest BCUT2D eigenvalue weighted by Gasteiger charge is 2.32. The van der Waals surface area contributed by atoms with E-state index in [1.165, 1.54) is 32.3 Å². The third-order valence-electron chi connectivity index (χ3n) is 5.35. The zero-order chi connectivity index (χ0) is 22.1. The molecule has 1 heterocycles. The molecule has 5 nitrogen and oxygen atoms in total. The van der Waals surface area contributed by atoms with Crippen LogP contribution in [-0.4, -0.2) is 27.2 Å². The zero-order valence-corrected chi connectivity index (χ0v) is 16.6. The van der Waals surface area contributed by atoms with Crippen molar-refractivity contribution in [3.05, 3.63) is 41.9 Å². The Balaban J connectivity index is 1.73. The maximum atomic E-state index is 13.7. The Morgan fingerprint density at radius 3 is 2.23 bits per heavy atom. The van der Waals surface area contributed by atoms with Crippen molar-refractivity contribution in [3.63, 3.8) is 0 Å². The molecule has 0 spiro atoms. The molecule has 1 aromatic heterocycles. The first-order valence-electron chi connectivity index (χ1n) is 9.65. The smallest absolute Gasteiger partial charge is 0.351 e. The first kappa shape index (κ1) is 21.8. The molecule has 1 amide bonds. The maximum absolute atomic E-state index is 13.7. The quantitative estimate of drug-likeness (QED) is 0.721. The Hall–Kier alpha value is -2.89. The van der Waals surface area contributed by atoms with Crippen molar-refractivity contribution in [2.45, 2.75) is 63.5 Å². The third-order valence-corrected chi connectivity index (χ3v) is 5.35. The molecule has 1 saturated carbocycles. The van der Waals surface area contributed by atoms with Crippen LogP contribution in [0, 0.1) is 11.3 Å². The zero-order valence-electron chi connectivity index (χ0n) is 16.6. The van der Waals surface area contributed by atoms with Crippen LogP contribution in [0.4, 0.5) is 17.6 Å². The highest BCUT2D eigenvalue weighted by atomic mass is 19.4. The standard InChI is InChI=1S/C21H22F4N4O/c1-20(2,22)19(30)28-15-7-9-16(10-8-15)29-12-27-18(17(29)11-26)13-3-5-14(6-4-13)21(23,24)25/h3-6,12,15-16H,7-10H2,1-2H3,(H,28,30). The van der Waals surface area contributed by atoms with Crippen molar-refractivity contribution in [2.75, 3.05) is 0 Å². The Morgan fingerprint density at radius 1 is 1.13 bits per heavy atom. The van der Waals surface area contributed by atoms with Crippen molar-refractivity contribution < 1.29 is 22.4 Å². The lowest BCUT2D eigenvalue weighted by Gasteiger charge is -2.31. The third kappa shape index (κ3) is 4.64.